The Morgan fingerprint density at radius 2 is 1.35 bits per heavy atom. The van der Waals surface area contributed by atoms with E-state index in [-0.39, 0.29) is 15.4 Å². The van der Waals surface area contributed by atoms with Crippen molar-refractivity contribution in [2.24, 2.45) is 5.10 Å². The number of aryl methyl sites for hydroxylation is 1. The molecule has 0 spiro atoms. The number of nitrogens with zero attached hydrogens (tertiary/aromatic N) is 3. The summed E-state index contributed by atoms with van der Waals surface area (Å²) < 4.78 is 66.2. The molecule has 3 aromatic rings. The van der Waals surface area contributed by atoms with Crippen molar-refractivity contribution in [1.29, 1.82) is 0 Å². The molecule has 0 unspecified atom stereocenters. The van der Waals surface area contributed by atoms with Crippen LogP contribution in [0.15, 0.2) is 98.1 Å². The van der Waals surface area contributed by atoms with Crippen molar-refractivity contribution in [2.75, 3.05) is 5.01 Å². The molecule has 224 valence electrons. The van der Waals surface area contributed by atoms with Gasteiger partial charge in [0.2, 0.25) is 0 Å². The van der Waals surface area contributed by atoms with Gasteiger partial charge in [0.1, 0.15) is 0 Å². The van der Waals surface area contributed by atoms with E-state index in [1.807, 2.05) is 45.2 Å². The van der Waals surface area contributed by atoms with E-state index in [9.17, 15) is 35.5 Å². The Morgan fingerprint density at radius 3 is 1.91 bits per heavy atom. The summed E-state index contributed by atoms with van der Waals surface area (Å²) in [5.41, 5.74) is 2.25. The number of rotatable bonds is 8. The van der Waals surface area contributed by atoms with Crippen LogP contribution < -0.4 is 10.6 Å². The molecule has 16 heteroatoms. The van der Waals surface area contributed by atoms with Gasteiger partial charge in [0.25, 0.3) is 31.7 Å². The first-order valence-corrected chi connectivity index (χ1v) is 17.1. The highest BCUT2D eigenvalue weighted by molar-refractivity contribution is 14.1. The molecule has 2 heterocycles. The monoisotopic (exact) mass is 844 g/mol. The Bertz CT molecular complexity index is 2070. The van der Waals surface area contributed by atoms with Crippen molar-refractivity contribution < 1.29 is 30.7 Å². The van der Waals surface area contributed by atoms with Gasteiger partial charge in [-0.15, -0.1) is 0 Å². The fraction of sp³-hybridized carbons (Fsp3) is 0.0741. The lowest BCUT2D eigenvalue weighted by Crippen LogP contribution is -2.22. The lowest BCUT2D eigenvalue weighted by Gasteiger charge is -2.14. The maximum Gasteiger partial charge on any atom is 0.294 e. The number of allylic oxidation sites excluding steroid dienone is 6. The summed E-state index contributed by atoms with van der Waals surface area (Å²) in [7, 11) is -8.75. The highest BCUT2D eigenvalue weighted by Gasteiger charge is 2.30. The Hall–Kier alpha value is -3.17. The summed E-state index contributed by atoms with van der Waals surface area (Å²) >= 11 is 3.75. The molecule has 0 aliphatic carbocycles. The number of aromatic amines is 1. The van der Waals surface area contributed by atoms with E-state index in [4.69, 9.17) is 0 Å². The Morgan fingerprint density at radius 1 is 0.814 bits per heavy atom. The first-order valence-electron chi connectivity index (χ1n) is 12.1. The van der Waals surface area contributed by atoms with E-state index in [0.29, 0.717) is 41.1 Å². The minimum Gasteiger partial charge on any atom is -0.295 e. The standard InChI is InChI=1S/C27H22I2N4O8S2/c1-16-20(26(34)32(30-16)24-12-10-18(14-22(24)28)42(36,37)38)8-6-4-3-5-7-9-21-17(2)31-33(27(21)35)25-13-11-19(15-23(25)29)43(39,40)41/h3-15,30H,1-2H3,(H,36,37,38)(H,39,40,41)/b4-3+,7-5+,8-6+,21-9-/i28-2,29-2. The topological polar surface area (TPSA) is 179 Å². The van der Waals surface area contributed by atoms with Crippen LogP contribution in [-0.2, 0) is 25.0 Å². The van der Waals surface area contributed by atoms with Crippen LogP contribution >= 0.6 is 45.2 Å². The number of anilines is 1. The minimum absolute atomic E-state index is 0.272. The van der Waals surface area contributed by atoms with Crippen LogP contribution in [0.2, 0.25) is 0 Å². The van der Waals surface area contributed by atoms with Gasteiger partial charge in [-0.3, -0.25) is 23.8 Å². The van der Waals surface area contributed by atoms with Gasteiger partial charge < -0.3 is 0 Å². The molecule has 0 fully saturated rings. The number of hydrogen-bond donors (Lipinski definition) is 3. The van der Waals surface area contributed by atoms with Crippen molar-refractivity contribution in [1.82, 2.24) is 9.78 Å². The average molecular weight is 844 g/mol. The molecule has 0 radical (unpaired) electrons. The summed E-state index contributed by atoms with van der Waals surface area (Å²) in [5.74, 6) is -0.398. The van der Waals surface area contributed by atoms with Gasteiger partial charge in [-0.2, -0.15) is 26.9 Å². The smallest absolute Gasteiger partial charge is 0.294 e. The van der Waals surface area contributed by atoms with Gasteiger partial charge in [-0.25, -0.2) is 4.68 Å². The van der Waals surface area contributed by atoms with Crippen molar-refractivity contribution in [3.63, 3.8) is 0 Å². The number of H-pyrrole nitrogens is 1. The predicted molar refractivity (Wildman–Crippen MR) is 179 cm³/mol. The van der Waals surface area contributed by atoms with Crippen LogP contribution in [0.1, 0.15) is 18.2 Å². The normalized spacial score (nSPS) is 15.6. The number of amides is 1. The van der Waals surface area contributed by atoms with E-state index >= 15 is 0 Å². The van der Waals surface area contributed by atoms with E-state index in [1.54, 1.807) is 56.4 Å². The van der Waals surface area contributed by atoms with Crippen LogP contribution in [0.5, 0.6) is 0 Å². The third kappa shape index (κ3) is 7.32. The average Bonchev–Trinajstić information content (AvgIpc) is 3.35. The zero-order chi connectivity index (χ0) is 31.7. The molecule has 1 aliphatic heterocycles. The number of hydrogen-bond acceptors (Lipinski definition) is 7. The maximum absolute atomic E-state index is 13.0. The van der Waals surface area contributed by atoms with Crippen molar-refractivity contribution in [3.8, 4) is 5.69 Å². The summed E-state index contributed by atoms with van der Waals surface area (Å²) in [4.78, 5) is 25.4. The van der Waals surface area contributed by atoms with Crippen LogP contribution in [0.4, 0.5) is 5.69 Å². The van der Waals surface area contributed by atoms with Gasteiger partial charge in [0.15, 0.2) is 0 Å². The molecule has 1 aliphatic rings. The van der Waals surface area contributed by atoms with Crippen molar-refractivity contribution in [2.45, 2.75) is 23.6 Å². The molecule has 1 amide bonds. The number of benzene rings is 2. The van der Waals surface area contributed by atoms with E-state index < -0.39 is 26.1 Å². The third-order valence-corrected chi connectivity index (χ3v) is 9.48. The number of carbonyl (C=O) groups excluding carboxylic acids is 1. The fourth-order valence-corrected chi connectivity index (χ4v) is 6.88. The first-order chi connectivity index (χ1) is 20.1. The molecule has 43 heavy (non-hydrogen) atoms. The molecule has 0 bridgehead atoms. The number of hydrazone groups is 1. The van der Waals surface area contributed by atoms with Crippen LogP contribution in [0, 0.1) is 14.1 Å². The second-order valence-corrected chi connectivity index (χ2v) is 14.1. The molecule has 0 atom stereocenters. The number of aromatic nitrogens is 2. The fourth-order valence-electron chi connectivity index (χ4n) is 3.94. The molecule has 3 N–H and O–H groups in total. The summed E-state index contributed by atoms with van der Waals surface area (Å²) in [5, 5.41) is 8.40. The summed E-state index contributed by atoms with van der Waals surface area (Å²) in [6.07, 6.45) is 11.6. The van der Waals surface area contributed by atoms with Gasteiger partial charge in [-0.1, -0.05) is 30.4 Å². The second-order valence-electron chi connectivity index (χ2n) is 8.98. The minimum atomic E-state index is -4.38. The van der Waals surface area contributed by atoms with Gasteiger partial charge in [0, 0.05) is 12.8 Å². The molecule has 12 nitrogen and oxygen atoms in total. The maximum atomic E-state index is 13.0. The molecule has 2 aromatic carbocycles. The van der Waals surface area contributed by atoms with Gasteiger partial charge >= 0.3 is 0 Å². The third-order valence-electron chi connectivity index (χ3n) is 6.05. The summed E-state index contributed by atoms with van der Waals surface area (Å²) in [6.45, 7) is 3.40. The number of nitrogens with one attached hydrogen (secondary N) is 1. The molecular weight excluding hydrogens is 822 g/mol. The Balaban J connectivity index is 1.45. The molecule has 0 saturated carbocycles. The Kier molecular flexibility index (Phi) is 9.76. The van der Waals surface area contributed by atoms with E-state index in [2.05, 4.69) is 10.2 Å². The van der Waals surface area contributed by atoms with E-state index in [0.717, 1.165) is 0 Å². The van der Waals surface area contributed by atoms with Gasteiger partial charge in [-0.05, 0) is 108 Å². The van der Waals surface area contributed by atoms with Crippen LogP contribution in [0.3, 0.4) is 0 Å². The molecule has 4 rings (SSSR count). The van der Waals surface area contributed by atoms with Crippen molar-refractivity contribution >= 4 is 88.8 Å². The highest BCUT2D eigenvalue weighted by atomic mass is 125. The van der Waals surface area contributed by atoms with E-state index in [1.165, 1.54) is 46.1 Å². The molecule has 0 saturated heterocycles. The lowest BCUT2D eigenvalue weighted by atomic mass is 10.1. The van der Waals surface area contributed by atoms with Crippen LogP contribution in [-0.4, -0.2) is 47.3 Å². The quantitative estimate of drug-likeness (QED) is 0.127. The van der Waals surface area contributed by atoms with Gasteiger partial charge in [0.05, 0.1) is 38.0 Å². The SMILES string of the molecule is CC1=NN(c2ccc(S(=O)(=O)O)cc2[125I])C(=O)\C1=C/C=C/C=C/C=C/c1c(C)[nH]n(-c2ccc(S(=O)(=O)O)cc2[125I])c1=O. The second kappa shape index (κ2) is 12.8. The predicted octanol–water partition coefficient (Wildman–Crippen LogP) is 4.65. The molecule has 1 aromatic heterocycles. The first kappa shape index (κ1) is 32.7. The van der Waals surface area contributed by atoms with Crippen LogP contribution in [0.25, 0.3) is 11.8 Å². The molecular formula is C27H22I2N4O8S2. The Labute approximate surface area is 273 Å². The van der Waals surface area contributed by atoms with Crippen molar-refractivity contribution in [3.05, 3.63) is 107 Å². The zero-order valence-corrected chi connectivity index (χ0v) is 28.2. The summed E-state index contributed by atoms with van der Waals surface area (Å²) in [6, 6.07) is 7.74. The largest absolute Gasteiger partial charge is 0.295 e. The lowest BCUT2D eigenvalue weighted by molar-refractivity contribution is -0.114. The zero-order valence-electron chi connectivity index (χ0n) is 22.3. The number of halogens is 2. The number of carbonyl (C=O) groups is 1. The highest BCUT2D eigenvalue weighted by Crippen LogP contribution is 2.30.